The van der Waals surface area contributed by atoms with E-state index in [9.17, 15) is 4.79 Å². The molecule has 0 aliphatic rings. The Hall–Kier alpha value is -4.05. The molecule has 0 spiro atoms. The van der Waals surface area contributed by atoms with E-state index in [1.165, 1.54) is 0 Å². The number of benzene rings is 3. The summed E-state index contributed by atoms with van der Waals surface area (Å²) in [6, 6.07) is 25.2. The minimum Gasteiger partial charge on any atom is -0.496 e. The Labute approximate surface area is 188 Å². The quantitative estimate of drug-likeness (QED) is 0.248. The highest BCUT2D eigenvalue weighted by Crippen LogP contribution is 2.24. The number of ether oxygens (including phenoxy) is 2. The van der Waals surface area contributed by atoms with Gasteiger partial charge in [0.2, 0.25) is 0 Å². The number of rotatable bonds is 8. The van der Waals surface area contributed by atoms with Gasteiger partial charge in [0.25, 0.3) is 0 Å². The average molecular weight is 424 g/mol. The van der Waals surface area contributed by atoms with Gasteiger partial charge >= 0.3 is 0 Å². The van der Waals surface area contributed by atoms with Gasteiger partial charge in [0.15, 0.2) is 5.78 Å². The Morgan fingerprint density at radius 3 is 2.50 bits per heavy atom. The second-order valence-electron chi connectivity index (χ2n) is 7.46. The lowest BCUT2D eigenvalue weighted by Crippen LogP contribution is -2.00. The van der Waals surface area contributed by atoms with E-state index >= 15 is 0 Å². The SMILES string of the molecule is COc1ccc(/C=C/C(=O)c2cccc(-n3cccc3)c2)cc1COc1ccccc1C. The van der Waals surface area contributed by atoms with Crippen molar-refractivity contribution in [1.29, 1.82) is 0 Å². The van der Waals surface area contributed by atoms with Crippen molar-refractivity contribution in [3.8, 4) is 17.2 Å². The Balaban J connectivity index is 1.50. The Kier molecular flexibility index (Phi) is 6.52. The largest absolute Gasteiger partial charge is 0.496 e. The number of nitrogens with zero attached hydrogens (tertiary/aromatic N) is 1. The zero-order chi connectivity index (χ0) is 22.3. The lowest BCUT2D eigenvalue weighted by atomic mass is 10.1. The molecular formula is C28H25NO3. The summed E-state index contributed by atoms with van der Waals surface area (Å²) < 4.78 is 13.5. The Bertz CT molecular complexity index is 1240. The third-order valence-electron chi connectivity index (χ3n) is 5.24. The van der Waals surface area contributed by atoms with Crippen LogP contribution < -0.4 is 9.47 Å². The van der Waals surface area contributed by atoms with Crippen molar-refractivity contribution in [2.75, 3.05) is 7.11 Å². The zero-order valence-electron chi connectivity index (χ0n) is 18.2. The molecule has 4 nitrogen and oxygen atoms in total. The van der Waals surface area contributed by atoms with Gasteiger partial charge in [-0.15, -0.1) is 0 Å². The number of hydrogen-bond donors (Lipinski definition) is 0. The van der Waals surface area contributed by atoms with Gasteiger partial charge in [-0.2, -0.15) is 0 Å². The molecule has 1 heterocycles. The molecule has 4 heteroatoms. The van der Waals surface area contributed by atoms with Crippen LogP contribution in [0.4, 0.5) is 0 Å². The standard InChI is InChI=1S/C28H25NO3/c1-21-8-3-4-11-27(21)32-20-24-18-22(13-15-28(24)31-2)12-14-26(30)23-9-7-10-25(19-23)29-16-5-6-17-29/h3-19H,20H2,1-2H3/b14-12+. The first kappa shape index (κ1) is 21.2. The van der Waals surface area contributed by atoms with E-state index in [1.54, 1.807) is 13.2 Å². The summed E-state index contributed by atoms with van der Waals surface area (Å²) in [4.78, 5) is 12.8. The summed E-state index contributed by atoms with van der Waals surface area (Å²) in [7, 11) is 1.64. The molecular weight excluding hydrogens is 398 g/mol. The van der Waals surface area contributed by atoms with Crippen LogP contribution in [-0.2, 0) is 6.61 Å². The van der Waals surface area contributed by atoms with E-state index in [1.807, 2.05) is 109 Å². The third kappa shape index (κ3) is 4.98. The van der Waals surface area contributed by atoms with Gasteiger partial charge < -0.3 is 14.0 Å². The monoisotopic (exact) mass is 423 g/mol. The van der Waals surface area contributed by atoms with Crippen LogP contribution in [-0.4, -0.2) is 17.5 Å². The van der Waals surface area contributed by atoms with Crippen molar-refractivity contribution in [1.82, 2.24) is 4.57 Å². The van der Waals surface area contributed by atoms with Gasteiger partial charge in [0, 0.05) is 29.2 Å². The maximum absolute atomic E-state index is 12.8. The highest BCUT2D eigenvalue weighted by Gasteiger charge is 2.08. The van der Waals surface area contributed by atoms with E-state index in [0.29, 0.717) is 12.2 Å². The molecule has 32 heavy (non-hydrogen) atoms. The van der Waals surface area contributed by atoms with Crippen molar-refractivity contribution in [2.45, 2.75) is 13.5 Å². The van der Waals surface area contributed by atoms with Crippen LogP contribution in [0.25, 0.3) is 11.8 Å². The fourth-order valence-corrected chi connectivity index (χ4v) is 3.48. The molecule has 0 amide bonds. The van der Waals surface area contributed by atoms with Crippen molar-refractivity contribution in [3.05, 3.63) is 120 Å². The normalized spacial score (nSPS) is 10.9. The summed E-state index contributed by atoms with van der Waals surface area (Å²) in [6.07, 6.45) is 7.33. The van der Waals surface area contributed by atoms with E-state index in [4.69, 9.17) is 9.47 Å². The van der Waals surface area contributed by atoms with Gasteiger partial charge in [-0.25, -0.2) is 0 Å². The molecule has 0 N–H and O–H groups in total. The lowest BCUT2D eigenvalue weighted by Gasteiger charge is -2.12. The number of hydrogen-bond acceptors (Lipinski definition) is 3. The van der Waals surface area contributed by atoms with Crippen molar-refractivity contribution >= 4 is 11.9 Å². The van der Waals surface area contributed by atoms with Crippen molar-refractivity contribution in [3.63, 3.8) is 0 Å². The summed E-state index contributed by atoms with van der Waals surface area (Å²) in [6.45, 7) is 2.39. The lowest BCUT2D eigenvalue weighted by molar-refractivity contribution is 0.104. The molecule has 160 valence electrons. The molecule has 0 saturated heterocycles. The predicted octanol–water partition coefficient (Wildman–Crippen LogP) is 6.27. The smallest absolute Gasteiger partial charge is 0.185 e. The van der Waals surface area contributed by atoms with E-state index < -0.39 is 0 Å². The number of aromatic nitrogens is 1. The van der Waals surface area contributed by atoms with Gasteiger partial charge in [-0.1, -0.05) is 42.5 Å². The number of aryl methyl sites for hydroxylation is 1. The van der Waals surface area contributed by atoms with Gasteiger partial charge in [-0.3, -0.25) is 4.79 Å². The first-order valence-corrected chi connectivity index (χ1v) is 10.5. The molecule has 0 aliphatic carbocycles. The number of carbonyl (C=O) groups is 1. The first-order valence-electron chi connectivity index (χ1n) is 10.5. The van der Waals surface area contributed by atoms with Crippen LogP contribution in [0, 0.1) is 6.92 Å². The van der Waals surface area contributed by atoms with E-state index in [2.05, 4.69) is 0 Å². The van der Waals surface area contributed by atoms with Crippen molar-refractivity contribution in [2.24, 2.45) is 0 Å². The molecule has 0 saturated carbocycles. The van der Waals surface area contributed by atoms with E-state index in [-0.39, 0.29) is 5.78 Å². The molecule has 0 unspecified atom stereocenters. The molecule has 0 atom stereocenters. The molecule has 0 aliphatic heterocycles. The molecule has 0 bridgehead atoms. The molecule has 0 fully saturated rings. The number of ketones is 1. The molecule has 0 radical (unpaired) electrons. The highest BCUT2D eigenvalue weighted by atomic mass is 16.5. The first-order chi connectivity index (χ1) is 15.6. The van der Waals surface area contributed by atoms with Crippen LogP contribution in [0.1, 0.15) is 27.0 Å². The molecule has 3 aromatic carbocycles. The van der Waals surface area contributed by atoms with E-state index in [0.717, 1.165) is 33.9 Å². The summed E-state index contributed by atoms with van der Waals surface area (Å²) in [5.41, 5.74) is 4.50. The summed E-state index contributed by atoms with van der Waals surface area (Å²) >= 11 is 0. The number of para-hydroxylation sites is 1. The molecule has 4 aromatic rings. The second-order valence-corrected chi connectivity index (χ2v) is 7.46. The number of allylic oxidation sites excluding steroid dienone is 1. The second kappa shape index (κ2) is 9.84. The van der Waals surface area contributed by atoms with Crippen LogP contribution in [0.15, 0.2) is 97.3 Å². The van der Waals surface area contributed by atoms with Crippen LogP contribution >= 0.6 is 0 Å². The fourth-order valence-electron chi connectivity index (χ4n) is 3.48. The minimum atomic E-state index is -0.0486. The van der Waals surface area contributed by atoms with Crippen LogP contribution in [0.5, 0.6) is 11.5 Å². The average Bonchev–Trinajstić information content (AvgIpc) is 3.37. The molecule has 1 aromatic heterocycles. The minimum absolute atomic E-state index is 0.0486. The fraction of sp³-hybridized carbons (Fsp3) is 0.107. The maximum Gasteiger partial charge on any atom is 0.185 e. The highest BCUT2D eigenvalue weighted by molar-refractivity contribution is 6.07. The predicted molar refractivity (Wildman–Crippen MR) is 128 cm³/mol. The Morgan fingerprint density at radius 1 is 0.906 bits per heavy atom. The summed E-state index contributed by atoms with van der Waals surface area (Å²) in [5, 5.41) is 0. The zero-order valence-corrected chi connectivity index (χ0v) is 18.2. The topological polar surface area (TPSA) is 40.5 Å². The molecule has 4 rings (SSSR count). The van der Waals surface area contributed by atoms with Gasteiger partial charge in [-0.05, 0) is 66.6 Å². The number of methoxy groups -OCH3 is 1. The third-order valence-corrected chi connectivity index (χ3v) is 5.24. The maximum atomic E-state index is 12.8. The van der Waals surface area contributed by atoms with Crippen LogP contribution in [0.3, 0.4) is 0 Å². The van der Waals surface area contributed by atoms with Gasteiger partial charge in [0.1, 0.15) is 18.1 Å². The van der Waals surface area contributed by atoms with Crippen LogP contribution in [0.2, 0.25) is 0 Å². The van der Waals surface area contributed by atoms with Gasteiger partial charge in [0.05, 0.1) is 7.11 Å². The summed E-state index contributed by atoms with van der Waals surface area (Å²) in [5.74, 6) is 1.54. The number of carbonyl (C=O) groups excluding carboxylic acids is 1. The Morgan fingerprint density at radius 2 is 1.72 bits per heavy atom. The van der Waals surface area contributed by atoms with Crippen molar-refractivity contribution < 1.29 is 14.3 Å².